The first-order valence-electron chi connectivity index (χ1n) is 7.68. The SMILES string of the molecule is COc1cc(C)c(OC)cc1C.N#CC1=C(C#N)C(=O)C(C#N)=C(C#N)C1=O. The van der Waals surface area contributed by atoms with Crippen LogP contribution >= 0.6 is 0 Å². The lowest BCUT2D eigenvalue weighted by Gasteiger charge is -2.09. The highest BCUT2D eigenvalue weighted by Gasteiger charge is 2.35. The summed E-state index contributed by atoms with van der Waals surface area (Å²) in [7, 11) is 3.35. The number of benzene rings is 1. The van der Waals surface area contributed by atoms with Gasteiger partial charge in [0.1, 0.15) is 58.1 Å². The van der Waals surface area contributed by atoms with Crippen LogP contribution in [0.4, 0.5) is 0 Å². The molecule has 0 atom stereocenters. The summed E-state index contributed by atoms with van der Waals surface area (Å²) in [5.74, 6) is -0.294. The predicted molar refractivity (Wildman–Crippen MR) is 95.5 cm³/mol. The van der Waals surface area contributed by atoms with Gasteiger partial charge in [-0.05, 0) is 37.1 Å². The molecule has 138 valence electrons. The van der Waals surface area contributed by atoms with E-state index >= 15 is 0 Å². The molecule has 28 heavy (non-hydrogen) atoms. The summed E-state index contributed by atoms with van der Waals surface area (Å²) in [6.45, 7) is 4.00. The van der Waals surface area contributed by atoms with Gasteiger partial charge in [-0.3, -0.25) is 9.59 Å². The van der Waals surface area contributed by atoms with E-state index < -0.39 is 33.9 Å². The summed E-state index contributed by atoms with van der Waals surface area (Å²) < 4.78 is 10.3. The first-order chi connectivity index (χ1) is 13.3. The Morgan fingerprint density at radius 3 is 1.07 bits per heavy atom. The van der Waals surface area contributed by atoms with Crippen molar-refractivity contribution < 1.29 is 19.1 Å². The van der Waals surface area contributed by atoms with E-state index in [2.05, 4.69) is 0 Å². The maximum Gasteiger partial charge on any atom is 0.217 e. The lowest BCUT2D eigenvalue weighted by atomic mass is 9.86. The minimum atomic E-state index is -1.06. The Hall–Kier alpha value is -4.40. The van der Waals surface area contributed by atoms with Gasteiger partial charge in [0.15, 0.2) is 0 Å². The van der Waals surface area contributed by atoms with Crippen molar-refractivity contribution in [2.45, 2.75) is 13.8 Å². The Balaban J connectivity index is 0.000000292. The standard InChI is InChI=1S/C10N4O2.C10H14O2/c11-1-5-6(2-12)10(16)8(4-14)7(3-13)9(5)15;1-7-5-10(12-4)8(2)6-9(7)11-3/h;5-6H,1-4H3. The number of aryl methyl sites for hydroxylation is 2. The molecular weight excluding hydrogens is 360 g/mol. The molecule has 1 aromatic carbocycles. The van der Waals surface area contributed by atoms with Crippen molar-refractivity contribution in [3.63, 3.8) is 0 Å². The van der Waals surface area contributed by atoms with Crippen LogP contribution in [0.25, 0.3) is 0 Å². The fourth-order valence-corrected chi connectivity index (χ4v) is 2.33. The Kier molecular flexibility index (Phi) is 7.22. The molecule has 0 saturated carbocycles. The topological polar surface area (TPSA) is 148 Å². The fourth-order valence-electron chi connectivity index (χ4n) is 2.33. The number of hydrogen-bond acceptors (Lipinski definition) is 8. The first-order valence-corrected chi connectivity index (χ1v) is 7.68. The zero-order valence-corrected chi connectivity index (χ0v) is 15.6. The highest BCUT2D eigenvalue weighted by Crippen LogP contribution is 2.27. The molecule has 0 aromatic heterocycles. The summed E-state index contributed by atoms with van der Waals surface area (Å²) in [6.07, 6.45) is 0. The number of carbonyl (C=O) groups excluding carboxylic acids is 2. The third-order valence-corrected chi connectivity index (χ3v) is 3.77. The van der Waals surface area contributed by atoms with E-state index in [0.29, 0.717) is 0 Å². The normalized spacial score (nSPS) is 12.7. The molecule has 1 aromatic rings. The Labute approximate surface area is 161 Å². The molecule has 0 aliphatic heterocycles. The van der Waals surface area contributed by atoms with Crippen molar-refractivity contribution in [2.75, 3.05) is 14.2 Å². The minimum Gasteiger partial charge on any atom is -0.496 e. The van der Waals surface area contributed by atoms with Crippen LogP contribution in [0.1, 0.15) is 11.1 Å². The van der Waals surface area contributed by atoms with Crippen molar-refractivity contribution >= 4 is 11.6 Å². The van der Waals surface area contributed by atoms with Crippen LogP contribution in [0, 0.1) is 59.2 Å². The molecule has 0 N–H and O–H groups in total. The summed E-state index contributed by atoms with van der Waals surface area (Å²) in [5, 5.41) is 34.4. The second-order valence-electron chi connectivity index (χ2n) is 5.40. The smallest absolute Gasteiger partial charge is 0.217 e. The lowest BCUT2D eigenvalue weighted by Crippen LogP contribution is -2.21. The molecule has 0 fully saturated rings. The van der Waals surface area contributed by atoms with Gasteiger partial charge in [-0.1, -0.05) is 0 Å². The summed E-state index contributed by atoms with van der Waals surface area (Å²) >= 11 is 0. The van der Waals surface area contributed by atoms with E-state index in [1.165, 1.54) is 24.3 Å². The Bertz CT molecular complexity index is 944. The fraction of sp³-hybridized carbons (Fsp3) is 0.200. The van der Waals surface area contributed by atoms with Crippen molar-refractivity contribution in [3.8, 4) is 35.8 Å². The van der Waals surface area contributed by atoms with Gasteiger partial charge in [0.25, 0.3) is 0 Å². The number of allylic oxidation sites excluding steroid dienone is 4. The zero-order chi connectivity index (χ0) is 21.4. The number of ether oxygens (including phenoxy) is 2. The van der Waals surface area contributed by atoms with Gasteiger partial charge in [-0.25, -0.2) is 0 Å². The van der Waals surface area contributed by atoms with E-state index in [1.54, 1.807) is 14.2 Å². The van der Waals surface area contributed by atoms with Gasteiger partial charge in [0.2, 0.25) is 11.6 Å². The molecule has 0 unspecified atom stereocenters. The number of nitrogens with zero attached hydrogens (tertiary/aromatic N) is 4. The van der Waals surface area contributed by atoms with E-state index in [4.69, 9.17) is 30.5 Å². The average Bonchev–Trinajstić information content (AvgIpc) is 2.70. The molecule has 1 aliphatic rings. The molecule has 0 spiro atoms. The van der Waals surface area contributed by atoms with Crippen molar-refractivity contribution in [1.29, 1.82) is 21.0 Å². The maximum absolute atomic E-state index is 11.5. The molecule has 2 rings (SSSR count). The van der Waals surface area contributed by atoms with Crippen LogP contribution in [0.15, 0.2) is 34.4 Å². The van der Waals surface area contributed by atoms with Crippen LogP contribution in [0.5, 0.6) is 11.5 Å². The monoisotopic (exact) mass is 374 g/mol. The molecule has 0 amide bonds. The number of carbonyl (C=O) groups is 2. The van der Waals surface area contributed by atoms with Crippen LogP contribution in [-0.2, 0) is 9.59 Å². The van der Waals surface area contributed by atoms with Gasteiger partial charge in [0.05, 0.1) is 14.2 Å². The number of Topliss-reactive ketones (excluding diaryl/α,β-unsaturated/α-hetero) is 2. The number of methoxy groups -OCH3 is 2. The van der Waals surface area contributed by atoms with Crippen molar-refractivity contribution in [2.24, 2.45) is 0 Å². The molecule has 0 radical (unpaired) electrons. The second-order valence-corrected chi connectivity index (χ2v) is 5.40. The van der Waals surface area contributed by atoms with E-state index in [0.717, 1.165) is 22.6 Å². The third kappa shape index (κ3) is 4.05. The first kappa shape index (κ1) is 21.6. The van der Waals surface area contributed by atoms with E-state index in [1.807, 2.05) is 26.0 Å². The van der Waals surface area contributed by atoms with Crippen LogP contribution in [-0.4, -0.2) is 25.8 Å². The molecule has 8 nitrogen and oxygen atoms in total. The summed E-state index contributed by atoms with van der Waals surface area (Å²) in [5.41, 5.74) is -0.572. The van der Waals surface area contributed by atoms with Gasteiger partial charge in [-0.2, -0.15) is 21.0 Å². The number of ketones is 2. The van der Waals surface area contributed by atoms with Gasteiger partial charge >= 0.3 is 0 Å². The van der Waals surface area contributed by atoms with E-state index in [9.17, 15) is 9.59 Å². The molecule has 8 heteroatoms. The highest BCUT2D eigenvalue weighted by atomic mass is 16.5. The van der Waals surface area contributed by atoms with Gasteiger partial charge < -0.3 is 9.47 Å². The predicted octanol–water partition coefficient (Wildman–Crippen LogP) is 2.15. The Morgan fingerprint density at radius 2 is 0.893 bits per heavy atom. The Morgan fingerprint density at radius 1 is 0.643 bits per heavy atom. The van der Waals surface area contributed by atoms with Gasteiger partial charge in [-0.15, -0.1) is 0 Å². The quantitative estimate of drug-likeness (QED) is 0.715. The number of rotatable bonds is 2. The van der Waals surface area contributed by atoms with Crippen LogP contribution in [0.3, 0.4) is 0 Å². The lowest BCUT2D eigenvalue weighted by molar-refractivity contribution is -0.115. The van der Waals surface area contributed by atoms with Crippen molar-refractivity contribution in [1.82, 2.24) is 0 Å². The highest BCUT2D eigenvalue weighted by molar-refractivity contribution is 6.30. The molecule has 0 heterocycles. The summed E-state index contributed by atoms with van der Waals surface area (Å²) in [6, 6.07) is 9.51. The van der Waals surface area contributed by atoms with Crippen LogP contribution < -0.4 is 9.47 Å². The maximum atomic E-state index is 11.5. The largest absolute Gasteiger partial charge is 0.496 e. The van der Waals surface area contributed by atoms with Crippen molar-refractivity contribution in [3.05, 3.63) is 45.6 Å². The third-order valence-electron chi connectivity index (χ3n) is 3.77. The van der Waals surface area contributed by atoms with E-state index in [-0.39, 0.29) is 0 Å². The number of nitriles is 4. The molecular formula is C20H14N4O4. The molecule has 0 saturated heterocycles. The second kappa shape index (κ2) is 9.34. The number of hydrogen-bond donors (Lipinski definition) is 0. The minimum absolute atomic E-state index is 0.692. The zero-order valence-electron chi connectivity index (χ0n) is 15.6. The average molecular weight is 374 g/mol. The van der Waals surface area contributed by atoms with Crippen LogP contribution in [0.2, 0.25) is 0 Å². The van der Waals surface area contributed by atoms with Gasteiger partial charge in [0, 0.05) is 0 Å². The molecule has 1 aliphatic carbocycles. The summed E-state index contributed by atoms with van der Waals surface area (Å²) in [4.78, 5) is 22.9. The molecule has 0 bridgehead atoms.